The minimum Gasteiger partial charge on any atom is -0.352 e. The molecule has 0 heterocycles. The number of hydrogen-bond acceptors (Lipinski definition) is 4. The number of anilines is 1. The van der Waals surface area contributed by atoms with Gasteiger partial charge < -0.3 is 10.2 Å². The van der Waals surface area contributed by atoms with E-state index in [1.54, 1.807) is 45.0 Å². The van der Waals surface area contributed by atoms with Gasteiger partial charge in [0.05, 0.1) is 10.6 Å². The molecule has 0 aliphatic rings. The molecule has 0 fully saturated rings. The van der Waals surface area contributed by atoms with Crippen LogP contribution in [-0.4, -0.2) is 43.8 Å². The van der Waals surface area contributed by atoms with Gasteiger partial charge in [-0.3, -0.25) is 13.9 Å². The lowest BCUT2D eigenvalue weighted by molar-refractivity contribution is -0.140. The summed E-state index contributed by atoms with van der Waals surface area (Å²) in [6, 6.07) is 16.4. The monoisotopic (exact) mass is 593 g/mol. The van der Waals surface area contributed by atoms with Gasteiger partial charge in [0.2, 0.25) is 11.8 Å². The number of hydrogen-bond donors (Lipinski definition) is 1. The molecule has 0 saturated carbocycles. The Hall–Kier alpha value is -3.14. The lowest BCUT2D eigenvalue weighted by atomic mass is 10.1. The molecule has 1 atom stereocenters. The molecule has 0 spiro atoms. The molecular formula is C28H30Cl2FN3O4S. The highest BCUT2D eigenvalue weighted by atomic mass is 35.5. The molecular weight excluding hydrogens is 564 g/mol. The third-order valence-electron chi connectivity index (χ3n) is 5.94. The van der Waals surface area contributed by atoms with Crippen molar-refractivity contribution in [2.45, 2.75) is 50.7 Å². The van der Waals surface area contributed by atoms with E-state index in [1.165, 1.54) is 47.4 Å². The first kappa shape index (κ1) is 30.4. The first-order chi connectivity index (χ1) is 18.5. The summed E-state index contributed by atoms with van der Waals surface area (Å²) in [7, 11) is -4.37. The van der Waals surface area contributed by atoms with Crippen molar-refractivity contribution in [2.75, 3.05) is 10.8 Å². The van der Waals surface area contributed by atoms with Crippen LogP contribution in [0.3, 0.4) is 0 Å². The van der Waals surface area contributed by atoms with Crippen LogP contribution in [0.25, 0.3) is 0 Å². The van der Waals surface area contributed by atoms with E-state index in [9.17, 15) is 22.4 Å². The summed E-state index contributed by atoms with van der Waals surface area (Å²) < 4.78 is 43.1. The molecule has 1 N–H and O–H groups in total. The highest BCUT2D eigenvalue weighted by molar-refractivity contribution is 7.92. The molecule has 0 saturated heterocycles. The highest BCUT2D eigenvalue weighted by Gasteiger charge is 2.35. The van der Waals surface area contributed by atoms with E-state index in [-0.39, 0.29) is 39.6 Å². The van der Waals surface area contributed by atoms with Crippen molar-refractivity contribution in [2.24, 2.45) is 0 Å². The van der Waals surface area contributed by atoms with E-state index >= 15 is 0 Å². The number of carbonyl (C=O) groups is 2. The summed E-state index contributed by atoms with van der Waals surface area (Å²) in [6.45, 7) is 4.36. The van der Waals surface area contributed by atoms with Crippen LogP contribution in [0.15, 0.2) is 77.7 Å². The van der Waals surface area contributed by atoms with Crippen LogP contribution in [0.2, 0.25) is 10.0 Å². The largest absolute Gasteiger partial charge is 0.352 e. The topological polar surface area (TPSA) is 86.8 Å². The first-order valence-corrected chi connectivity index (χ1v) is 14.5. The third-order valence-corrected chi connectivity index (χ3v) is 8.42. The van der Waals surface area contributed by atoms with Gasteiger partial charge in [-0.25, -0.2) is 12.8 Å². The average molecular weight is 595 g/mol. The quantitative estimate of drug-likeness (QED) is 0.311. The van der Waals surface area contributed by atoms with Crippen molar-refractivity contribution in [3.8, 4) is 0 Å². The van der Waals surface area contributed by atoms with Crippen molar-refractivity contribution in [3.05, 3.63) is 94.2 Å². The number of nitrogens with zero attached hydrogens (tertiary/aromatic N) is 2. The summed E-state index contributed by atoms with van der Waals surface area (Å²) in [4.78, 5) is 28.2. The highest BCUT2D eigenvalue weighted by Crippen LogP contribution is 2.29. The van der Waals surface area contributed by atoms with E-state index < -0.39 is 40.2 Å². The summed E-state index contributed by atoms with van der Waals surface area (Å²) >= 11 is 12.8. The Balaban J connectivity index is 2.11. The Morgan fingerprint density at radius 2 is 1.51 bits per heavy atom. The standard InChI is InChI=1S/C28H30Cl2FN3O4S/c1-4-25(28(36)32-19(2)3)33(17-21-22(29)13-10-14-23(21)30)27(35)18-34(26-16-9-8-15-24(26)31)39(37,38)20-11-6-5-7-12-20/h5-16,19,25H,4,17-18H2,1-3H3,(H,32,36). The molecule has 7 nitrogen and oxygen atoms in total. The van der Waals surface area contributed by atoms with Crippen LogP contribution in [0.5, 0.6) is 0 Å². The smallest absolute Gasteiger partial charge is 0.264 e. The van der Waals surface area contributed by atoms with Gasteiger partial charge in [-0.1, -0.05) is 66.5 Å². The van der Waals surface area contributed by atoms with E-state index in [4.69, 9.17) is 23.2 Å². The molecule has 39 heavy (non-hydrogen) atoms. The maximum atomic E-state index is 15.0. The Bertz CT molecular complexity index is 1400. The molecule has 208 valence electrons. The first-order valence-electron chi connectivity index (χ1n) is 12.3. The van der Waals surface area contributed by atoms with E-state index in [1.807, 2.05) is 0 Å². The lowest BCUT2D eigenvalue weighted by Crippen LogP contribution is -2.53. The van der Waals surface area contributed by atoms with Gasteiger partial charge >= 0.3 is 0 Å². The van der Waals surface area contributed by atoms with Crippen LogP contribution >= 0.6 is 23.2 Å². The molecule has 2 amide bonds. The number of halogens is 3. The van der Waals surface area contributed by atoms with Gasteiger partial charge in [0.25, 0.3) is 10.0 Å². The lowest BCUT2D eigenvalue weighted by Gasteiger charge is -2.34. The fraction of sp³-hybridized carbons (Fsp3) is 0.286. The van der Waals surface area contributed by atoms with Gasteiger partial charge in [0.1, 0.15) is 18.4 Å². The van der Waals surface area contributed by atoms with E-state index in [0.717, 1.165) is 6.07 Å². The Labute approximate surface area is 238 Å². The fourth-order valence-corrected chi connectivity index (χ4v) is 6.00. The SMILES string of the molecule is CCC(C(=O)NC(C)C)N(Cc1c(Cl)cccc1Cl)C(=O)CN(c1ccccc1F)S(=O)(=O)c1ccccc1. The number of nitrogens with one attached hydrogen (secondary N) is 1. The molecule has 0 aromatic heterocycles. The second-order valence-corrected chi connectivity index (χ2v) is 11.8. The van der Waals surface area contributed by atoms with Crippen LogP contribution in [0.4, 0.5) is 10.1 Å². The maximum absolute atomic E-state index is 15.0. The maximum Gasteiger partial charge on any atom is 0.264 e. The van der Waals surface area contributed by atoms with Crippen molar-refractivity contribution in [3.63, 3.8) is 0 Å². The normalized spacial score (nSPS) is 12.2. The van der Waals surface area contributed by atoms with Crippen molar-refractivity contribution in [1.82, 2.24) is 10.2 Å². The number of para-hydroxylation sites is 1. The van der Waals surface area contributed by atoms with E-state index in [2.05, 4.69) is 5.32 Å². The zero-order chi connectivity index (χ0) is 28.7. The van der Waals surface area contributed by atoms with Crippen LogP contribution in [-0.2, 0) is 26.2 Å². The summed E-state index contributed by atoms with van der Waals surface area (Å²) in [5, 5.41) is 3.36. The molecule has 3 rings (SSSR count). The summed E-state index contributed by atoms with van der Waals surface area (Å²) in [6.07, 6.45) is 0.220. The number of benzene rings is 3. The second-order valence-electron chi connectivity index (χ2n) is 9.09. The Morgan fingerprint density at radius 3 is 2.08 bits per heavy atom. The van der Waals surface area contributed by atoms with Gasteiger partial charge in [-0.15, -0.1) is 0 Å². The molecule has 0 bridgehead atoms. The van der Waals surface area contributed by atoms with Crippen LogP contribution in [0.1, 0.15) is 32.8 Å². The third kappa shape index (κ3) is 7.29. The molecule has 1 unspecified atom stereocenters. The van der Waals surface area contributed by atoms with Gasteiger partial charge in [0.15, 0.2) is 0 Å². The van der Waals surface area contributed by atoms with Crippen molar-refractivity contribution < 1.29 is 22.4 Å². The Kier molecular flexibility index (Phi) is 10.4. The van der Waals surface area contributed by atoms with E-state index in [0.29, 0.717) is 9.87 Å². The van der Waals surface area contributed by atoms with Crippen molar-refractivity contribution in [1.29, 1.82) is 0 Å². The van der Waals surface area contributed by atoms with Gasteiger partial charge in [0, 0.05) is 28.2 Å². The number of carbonyl (C=O) groups excluding carboxylic acids is 2. The van der Waals surface area contributed by atoms with Crippen molar-refractivity contribution >= 4 is 50.7 Å². The summed E-state index contributed by atoms with van der Waals surface area (Å²) in [5.41, 5.74) is 0.0958. The molecule has 0 aliphatic heterocycles. The molecule has 3 aromatic carbocycles. The predicted octanol–water partition coefficient (Wildman–Crippen LogP) is 5.66. The minimum atomic E-state index is -4.37. The average Bonchev–Trinajstić information content (AvgIpc) is 2.89. The fourth-order valence-electron chi connectivity index (χ4n) is 4.04. The molecule has 0 aliphatic carbocycles. The van der Waals surface area contributed by atoms with Gasteiger partial charge in [-0.2, -0.15) is 0 Å². The minimum absolute atomic E-state index is 0.119. The number of sulfonamides is 1. The predicted molar refractivity (Wildman–Crippen MR) is 152 cm³/mol. The number of rotatable bonds is 11. The van der Waals surface area contributed by atoms with Crippen LogP contribution < -0.4 is 9.62 Å². The number of amides is 2. The molecule has 0 radical (unpaired) electrons. The second kappa shape index (κ2) is 13.3. The molecule has 11 heteroatoms. The summed E-state index contributed by atoms with van der Waals surface area (Å²) in [5.74, 6) is -1.98. The Morgan fingerprint density at radius 1 is 0.923 bits per heavy atom. The van der Waals surface area contributed by atoms with Crippen LogP contribution in [0, 0.1) is 5.82 Å². The molecule has 3 aromatic rings. The zero-order valence-electron chi connectivity index (χ0n) is 21.8. The van der Waals surface area contributed by atoms with Gasteiger partial charge in [-0.05, 0) is 56.7 Å². The zero-order valence-corrected chi connectivity index (χ0v) is 24.1.